The van der Waals surface area contributed by atoms with Gasteiger partial charge in [0.15, 0.2) is 0 Å². The summed E-state index contributed by atoms with van der Waals surface area (Å²) in [6.07, 6.45) is 0.649. The maximum atomic E-state index is 14.4. The summed E-state index contributed by atoms with van der Waals surface area (Å²) in [6.45, 7) is 0.397. The zero-order chi connectivity index (χ0) is 21.3. The second-order valence-corrected chi connectivity index (χ2v) is 7.35. The number of carbonyl (C=O) groups is 3. The normalized spacial score (nSPS) is 18.5. The molecule has 3 amide bonds. The van der Waals surface area contributed by atoms with E-state index in [1.54, 1.807) is 12.1 Å². The Balaban J connectivity index is 1.57. The van der Waals surface area contributed by atoms with Crippen LogP contribution in [0.1, 0.15) is 35.1 Å². The predicted molar refractivity (Wildman–Crippen MR) is 105 cm³/mol. The molecule has 4 rings (SSSR count). The molecule has 2 heterocycles. The van der Waals surface area contributed by atoms with Crippen molar-refractivity contribution in [3.8, 4) is 6.07 Å². The van der Waals surface area contributed by atoms with Crippen LogP contribution in [-0.4, -0.2) is 28.7 Å². The lowest BCUT2D eigenvalue weighted by Crippen LogP contribution is -2.55. The van der Waals surface area contributed by atoms with Crippen LogP contribution >= 0.6 is 0 Å². The average Bonchev–Trinajstić information content (AvgIpc) is 2.73. The zero-order valence-electron chi connectivity index (χ0n) is 16.1. The Morgan fingerprint density at radius 3 is 2.77 bits per heavy atom. The van der Waals surface area contributed by atoms with Crippen molar-refractivity contribution in [3.63, 3.8) is 0 Å². The van der Waals surface area contributed by atoms with Crippen LogP contribution in [0.4, 0.5) is 10.1 Å². The lowest BCUT2D eigenvalue weighted by atomic mass is 9.94. The van der Waals surface area contributed by atoms with Gasteiger partial charge in [-0.3, -0.25) is 19.7 Å². The highest BCUT2D eigenvalue weighted by molar-refractivity contribution is 6.02. The fourth-order valence-corrected chi connectivity index (χ4v) is 3.93. The smallest absolute Gasteiger partial charge is 0.249 e. The maximum absolute atomic E-state index is 14.4. The monoisotopic (exact) mass is 406 g/mol. The summed E-state index contributed by atoms with van der Waals surface area (Å²) in [7, 11) is 0. The van der Waals surface area contributed by atoms with E-state index in [0.717, 1.165) is 16.8 Å². The molecule has 30 heavy (non-hydrogen) atoms. The van der Waals surface area contributed by atoms with Crippen LogP contribution in [0, 0.1) is 17.1 Å². The van der Waals surface area contributed by atoms with Gasteiger partial charge in [-0.2, -0.15) is 5.26 Å². The molecular formula is C22H19FN4O3. The highest BCUT2D eigenvalue weighted by Gasteiger charge is 2.37. The van der Waals surface area contributed by atoms with E-state index in [9.17, 15) is 18.8 Å². The number of piperidine rings is 1. The number of carbonyl (C=O) groups excluding carboxylic acids is 3. The van der Waals surface area contributed by atoms with Crippen LogP contribution < -0.4 is 10.6 Å². The molecule has 7 nitrogen and oxygen atoms in total. The summed E-state index contributed by atoms with van der Waals surface area (Å²) in [5.74, 6) is -1.51. The van der Waals surface area contributed by atoms with Crippen molar-refractivity contribution < 1.29 is 18.8 Å². The largest absolute Gasteiger partial charge is 0.381 e. The highest BCUT2D eigenvalue weighted by Crippen LogP contribution is 2.30. The number of hydrogen-bond acceptors (Lipinski definition) is 5. The highest BCUT2D eigenvalue weighted by atomic mass is 19.1. The molecule has 0 aliphatic carbocycles. The first kappa shape index (κ1) is 19.6. The summed E-state index contributed by atoms with van der Waals surface area (Å²) in [4.78, 5) is 37.8. The van der Waals surface area contributed by atoms with Crippen LogP contribution in [-0.2, 0) is 33.9 Å². The molecule has 0 aromatic heterocycles. The van der Waals surface area contributed by atoms with Crippen molar-refractivity contribution in [1.29, 1.82) is 5.26 Å². The molecule has 0 bridgehead atoms. The third-order valence-electron chi connectivity index (χ3n) is 5.52. The summed E-state index contributed by atoms with van der Waals surface area (Å²) < 4.78 is 14.4. The van der Waals surface area contributed by atoms with E-state index in [2.05, 4.69) is 10.6 Å². The molecule has 1 atom stereocenters. The number of benzene rings is 2. The standard InChI is InChI=1S/C22H19FN4O3/c23-21-14(10-24)4-1-5-15(21)11-25-17-6-2-3-13-9-20(29)27(12-16(13)17)18-7-8-19(28)26-22(18)30/h1-6,18,25H,7-9,11-12H2,(H,26,28,30)/t18-/m0/s1. The molecule has 1 fully saturated rings. The van der Waals surface area contributed by atoms with E-state index in [-0.39, 0.29) is 43.3 Å². The number of halogens is 1. The van der Waals surface area contributed by atoms with Gasteiger partial charge in [-0.15, -0.1) is 0 Å². The number of anilines is 1. The van der Waals surface area contributed by atoms with Crippen molar-refractivity contribution in [2.24, 2.45) is 0 Å². The van der Waals surface area contributed by atoms with E-state index >= 15 is 0 Å². The van der Waals surface area contributed by atoms with Crippen LogP contribution in [0.25, 0.3) is 0 Å². The van der Waals surface area contributed by atoms with Crippen molar-refractivity contribution in [3.05, 3.63) is 64.5 Å². The van der Waals surface area contributed by atoms with Gasteiger partial charge in [-0.05, 0) is 29.7 Å². The summed E-state index contributed by atoms with van der Waals surface area (Å²) in [6, 6.07) is 11.3. The Kier molecular flexibility index (Phi) is 5.19. The van der Waals surface area contributed by atoms with Crippen molar-refractivity contribution in [1.82, 2.24) is 10.2 Å². The molecule has 1 saturated heterocycles. The van der Waals surface area contributed by atoms with Gasteiger partial charge in [0.05, 0.1) is 12.0 Å². The van der Waals surface area contributed by atoms with Crippen molar-refractivity contribution in [2.45, 2.75) is 38.4 Å². The molecule has 0 spiro atoms. The van der Waals surface area contributed by atoms with Crippen LogP contribution in [0.15, 0.2) is 36.4 Å². The Bertz CT molecular complexity index is 1090. The van der Waals surface area contributed by atoms with Crippen molar-refractivity contribution in [2.75, 3.05) is 5.32 Å². The first-order chi connectivity index (χ1) is 14.5. The predicted octanol–water partition coefficient (Wildman–Crippen LogP) is 2.00. The Hall–Kier alpha value is -3.73. The van der Waals surface area contributed by atoms with Crippen LogP contribution in [0.2, 0.25) is 0 Å². The summed E-state index contributed by atoms with van der Waals surface area (Å²) in [5, 5.41) is 14.5. The van der Waals surface area contributed by atoms with E-state index < -0.39 is 17.8 Å². The molecule has 8 heteroatoms. The lowest BCUT2D eigenvalue weighted by Gasteiger charge is -2.37. The average molecular weight is 406 g/mol. The van der Waals surface area contributed by atoms with E-state index in [0.29, 0.717) is 12.0 Å². The van der Waals surface area contributed by atoms with Crippen molar-refractivity contribution >= 4 is 23.4 Å². The third kappa shape index (κ3) is 3.62. The molecule has 0 radical (unpaired) electrons. The quantitative estimate of drug-likeness (QED) is 0.756. The number of nitrogens with one attached hydrogen (secondary N) is 2. The number of hydrogen-bond donors (Lipinski definition) is 2. The molecule has 152 valence electrons. The minimum absolute atomic E-state index is 0.0148. The van der Waals surface area contributed by atoms with Gasteiger partial charge in [0.25, 0.3) is 0 Å². The molecule has 2 aliphatic heterocycles. The van der Waals surface area contributed by atoms with Crippen LogP contribution in [0.5, 0.6) is 0 Å². The van der Waals surface area contributed by atoms with Gasteiger partial charge in [0, 0.05) is 30.8 Å². The zero-order valence-corrected chi connectivity index (χ0v) is 16.1. The minimum atomic E-state index is -0.679. The number of nitrogens with zero attached hydrogens (tertiary/aromatic N) is 2. The number of rotatable bonds is 4. The van der Waals surface area contributed by atoms with E-state index in [4.69, 9.17) is 5.26 Å². The number of fused-ring (bicyclic) bond motifs is 1. The minimum Gasteiger partial charge on any atom is -0.381 e. The summed E-state index contributed by atoms with van der Waals surface area (Å²) >= 11 is 0. The fourth-order valence-electron chi connectivity index (χ4n) is 3.93. The second kappa shape index (κ2) is 7.95. The number of imide groups is 1. The van der Waals surface area contributed by atoms with Gasteiger partial charge in [-0.25, -0.2) is 4.39 Å². The van der Waals surface area contributed by atoms with Crippen LogP contribution in [0.3, 0.4) is 0 Å². The molecule has 2 aromatic carbocycles. The number of amides is 3. The van der Waals surface area contributed by atoms with E-state index in [1.807, 2.05) is 24.3 Å². The molecular weight excluding hydrogens is 387 g/mol. The first-order valence-corrected chi connectivity index (χ1v) is 9.63. The summed E-state index contributed by atoms with van der Waals surface area (Å²) in [5.41, 5.74) is 2.79. The maximum Gasteiger partial charge on any atom is 0.249 e. The molecule has 2 aromatic rings. The second-order valence-electron chi connectivity index (χ2n) is 7.35. The lowest BCUT2D eigenvalue weighted by molar-refractivity contribution is -0.146. The van der Waals surface area contributed by atoms with Gasteiger partial charge >= 0.3 is 0 Å². The third-order valence-corrected chi connectivity index (χ3v) is 5.52. The first-order valence-electron chi connectivity index (χ1n) is 9.63. The number of nitriles is 1. The van der Waals surface area contributed by atoms with E-state index in [1.165, 1.54) is 11.0 Å². The Morgan fingerprint density at radius 1 is 1.20 bits per heavy atom. The SMILES string of the molecule is N#Cc1cccc(CNc2cccc3c2CN([C@H]2CCC(=O)NC2=O)C(=O)C3)c1F. The van der Waals surface area contributed by atoms with Gasteiger partial charge in [0.2, 0.25) is 17.7 Å². The fraction of sp³-hybridized carbons (Fsp3) is 0.273. The molecule has 2 aliphatic rings. The van der Waals surface area contributed by atoms with Gasteiger partial charge in [-0.1, -0.05) is 24.3 Å². The molecule has 0 unspecified atom stereocenters. The topological polar surface area (TPSA) is 102 Å². The molecule has 0 saturated carbocycles. The van der Waals surface area contributed by atoms with Gasteiger partial charge in [0.1, 0.15) is 17.9 Å². The molecule has 2 N–H and O–H groups in total. The Morgan fingerprint density at radius 2 is 2.00 bits per heavy atom. The Labute approximate surface area is 172 Å². The van der Waals surface area contributed by atoms with Gasteiger partial charge < -0.3 is 10.2 Å².